The van der Waals surface area contributed by atoms with Gasteiger partial charge in [-0.2, -0.15) is 19.2 Å². The number of rotatable bonds is 4. The van der Waals surface area contributed by atoms with Crippen LogP contribution in [0.2, 0.25) is 0 Å². The van der Waals surface area contributed by atoms with E-state index < -0.39 is 0 Å². The highest BCUT2D eigenvalue weighted by Gasteiger charge is 2.07. The number of carbonyl (C=O) groups excluding carboxylic acids is 4. The molecule has 0 amide bonds. The Kier molecular flexibility index (Phi) is 8.62. The molecule has 156 valence electrons. The second-order valence-corrected chi connectivity index (χ2v) is 6.51. The lowest BCUT2D eigenvalue weighted by Gasteiger charge is -2.10. The van der Waals surface area contributed by atoms with Crippen LogP contribution in [0, 0.1) is 13.8 Å². The minimum Gasteiger partial charge on any atom is -0.489 e. The molecule has 0 aliphatic carbocycles. The standard InChI is InChI=1S/C22H20N2O.2CO2/c1-16-6-8-18(9-7-16)15-25-21-11-10-19(13-17(21)2)20-14-24-12-4-3-5-22(24)23-20;2*2-1-3/h3-14H,15H2,1-2H3;;. The maximum Gasteiger partial charge on any atom is 0.373 e. The van der Waals surface area contributed by atoms with Crippen molar-refractivity contribution in [2.24, 2.45) is 0 Å². The molecule has 2 aromatic carbocycles. The predicted octanol–water partition coefficient (Wildman–Crippen LogP) is 4.03. The Hall–Kier alpha value is -4.31. The number of ether oxygens (including phenoxy) is 1. The van der Waals surface area contributed by atoms with Crippen molar-refractivity contribution in [1.82, 2.24) is 9.38 Å². The van der Waals surface area contributed by atoms with E-state index in [1.807, 2.05) is 34.9 Å². The van der Waals surface area contributed by atoms with Gasteiger partial charge >= 0.3 is 12.3 Å². The van der Waals surface area contributed by atoms with E-state index in [2.05, 4.69) is 61.4 Å². The summed E-state index contributed by atoms with van der Waals surface area (Å²) in [5.74, 6) is 0.910. The highest BCUT2D eigenvalue weighted by Crippen LogP contribution is 2.26. The van der Waals surface area contributed by atoms with Crippen LogP contribution >= 0.6 is 0 Å². The normalized spacial score (nSPS) is 9.35. The number of hydrogen-bond acceptors (Lipinski definition) is 6. The summed E-state index contributed by atoms with van der Waals surface area (Å²) in [5, 5.41) is 0. The van der Waals surface area contributed by atoms with Gasteiger partial charge in [-0.15, -0.1) is 0 Å². The van der Waals surface area contributed by atoms with E-state index in [1.165, 1.54) is 11.1 Å². The SMILES string of the molecule is Cc1ccc(COc2ccc(-c3cn4ccccc4n3)cc2C)cc1.O=C=O.O=C=O. The van der Waals surface area contributed by atoms with E-state index in [1.54, 1.807) is 0 Å². The number of aromatic nitrogens is 2. The summed E-state index contributed by atoms with van der Waals surface area (Å²) in [4.78, 5) is 37.2. The van der Waals surface area contributed by atoms with E-state index in [-0.39, 0.29) is 12.3 Å². The van der Waals surface area contributed by atoms with E-state index in [4.69, 9.17) is 23.9 Å². The van der Waals surface area contributed by atoms with E-state index in [9.17, 15) is 0 Å². The fraction of sp³-hybridized carbons (Fsp3) is 0.125. The predicted molar refractivity (Wildman–Crippen MR) is 111 cm³/mol. The van der Waals surface area contributed by atoms with Gasteiger partial charge in [0.15, 0.2) is 0 Å². The van der Waals surface area contributed by atoms with Crippen molar-refractivity contribution in [3.8, 4) is 17.0 Å². The van der Waals surface area contributed by atoms with Crippen LogP contribution in [0.1, 0.15) is 16.7 Å². The first kappa shape index (κ1) is 23.0. The molecule has 0 atom stereocenters. The molecule has 0 unspecified atom stereocenters. The molecule has 0 aliphatic heterocycles. The second kappa shape index (κ2) is 11.6. The number of benzene rings is 2. The van der Waals surface area contributed by atoms with Crippen molar-refractivity contribution in [2.45, 2.75) is 20.5 Å². The maximum absolute atomic E-state index is 8.12. The van der Waals surface area contributed by atoms with Crippen LogP contribution in [0.5, 0.6) is 5.75 Å². The summed E-state index contributed by atoms with van der Waals surface area (Å²) in [6, 6.07) is 20.7. The Morgan fingerprint density at radius 3 is 2.19 bits per heavy atom. The minimum atomic E-state index is 0.250. The number of fused-ring (bicyclic) bond motifs is 1. The molecular formula is C24H20N2O5. The van der Waals surface area contributed by atoms with Gasteiger partial charge < -0.3 is 9.14 Å². The number of nitrogens with zero attached hydrogens (tertiary/aromatic N) is 2. The summed E-state index contributed by atoms with van der Waals surface area (Å²) in [5.41, 5.74) is 6.57. The van der Waals surface area contributed by atoms with Crippen molar-refractivity contribution in [3.63, 3.8) is 0 Å². The first-order valence-electron chi connectivity index (χ1n) is 9.24. The number of pyridine rings is 1. The largest absolute Gasteiger partial charge is 0.489 e. The Morgan fingerprint density at radius 1 is 0.903 bits per heavy atom. The fourth-order valence-electron chi connectivity index (χ4n) is 2.89. The van der Waals surface area contributed by atoms with E-state index in [0.29, 0.717) is 6.61 Å². The fourth-order valence-corrected chi connectivity index (χ4v) is 2.89. The van der Waals surface area contributed by atoms with Crippen LogP contribution in [-0.2, 0) is 25.8 Å². The van der Waals surface area contributed by atoms with Gasteiger partial charge in [-0.3, -0.25) is 0 Å². The lowest BCUT2D eigenvalue weighted by atomic mass is 10.1. The first-order valence-corrected chi connectivity index (χ1v) is 9.24. The second-order valence-electron chi connectivity index (χ2n) is 6.51. The van der Waals surface area contributed by atoms with Gasteiger partial charge in [-0.05, 0) is 55.3 Å². The van der Waals surface area contributed by atoms with Crippen LogP contribution in [0.15, 0.2) is 73.1 Å². The van der Waals surface area contributed by atoms with E-state index in [0.717, 1.165) is 28.2 Å². The average Bonchev–Trinajstić information content (AvgIpc) is 3.19. The van der Waals surface area contributed by atoms with Crippen molar-refractivity contribution in [2.75, 3.05) is 0 Å². The minimum absolute atomic E-state index is 0.250. The van der Waals surface area contributed by atoms with Gasteiger partial charge in [0, 0.05) is 18.0 Å². The van der Waals surface area contributed by atoms with Crippen LogP contribution in [0.4, 0.5) is 0 Å². The molecular weight excluding hydrogens is 396 g/mol. The molecule has 0 saturated heterocycles. The molecule has 7 heteroatoms. The van der Waals surface area contributed by atoms with Gasteiger partial charge in [0.25, 0.3) is 0 Å². The highest BCUT2D eigenvalue weighted by atomic mass is 16.5. The van der Waals surface area contributed by atoms with Crippen molar-refractivity contribution in [3.05, 3.63) is 89.7 Å². The molecule has 2 aromatic heterocycles. The summed E-state index contributed by atoms with van der Waals surface area (Å²) in [6.07, 6.45) is 4.56. The highest BCUT2D eigenvalue weighted by molar-refractivity contribution is 5.64. The Labute approximate surface area is 178 Å². The third-order valence-electron chi connectivity index (χ3n) is 4.35. The third kappa shape index (κ3) is 6.61. The molecule has 0 bridgehead atoms. The molecule has 4 aromatic rings. The lowest BCUT2D eigenvalue weighted by molar-refractivity contribution is -0.193. The third-order valence-corrected chi connectivity index (χ3v) is 4.35. The zero-order valence-electron chi connectivity index (χ0n) is 17.1. The zero-order chi connectivity index (χ0) is 22.6. The van der Waals surface area contributed by atoms with Gasteiger partial charge in [0.1, 0.15) is 18.0 Å². The molecule has 0 N–H and O–H groups in total. The summed E-state index contributed by atoms with van der Waals surface area (Å²) < 4.78 is 8.02. The molecule has 7 nitrogen and oxygen atoms in total. The zero-order valence-corrected chi connectivity index (χ0v) is 17.1. The molecule has 0 saturated carbocycles. The molecule has 0 fully saturated rings. The summed E-state index contributed by atoms with van der Waals surface area (Å²) in [6.45, 7) is 4.74. The topological polar surface area (TPSA) is 94.8 Å². The monoisotopic (exact) mass is 416 g/mol. The van der Waals surface area contributed by atoms with Gasteiger partial charge in [-0.25, -0.2) is 4.98 Å². The molecule has 0 spiro atoms. The Morgan fingerprint density at radius 2 is 1.58 bits per heavy atom. The summed E-state index contributed by atoms with van der Waals surface area (Å²) in [7, 11) is 0. The van der Waals surface area contributed by atoms with Gasteiger partial charge in [-0.1, -0.05) is 35.9 Å². The average molecular weight is 416 g/mol. The van der Waals surface area contributed by atoms with Crippen molar-refractivity contribution in [1.29, 1.82) is 0 Å². The quantitative estimate of drug-likeness (QED) is 0.498. The number of imidazole rings is 1. The van der Waals surface area contributed by atoms with Crippen LogP contribution in [-0.4, -0.2) is 21.7 Å². The molecule has 31 heavy (non-hydrogen) atoms. The Balaban J connectivity index is 0.000000513. The number of aryl methyl sites for hydroxylation is 2. The summed E-state index contributed by atoms with van der Waals surface area (Å²) >= 11 is 0. The lowest BCUT2D eigenvalue weighted by Crippen LogP contribution is -1.97. The Bertz CT molecular complexity index is 1160. The maximum atomic E-state index is 8.12. The van der Waals surface area contributed by atoms with Crippen molar-refractivity contribution >= 4 is 18.0 Å². The van der Waals surface area contributed by atoms with Crippen molar-refractivity contribution < 1.29 is 23.9 Å². The molecule has 0 radical (unpaired) electrons. The first-order chi connectivity index (χ1) is 15.0. The molecule has 0 aliphatic rings. The number of hydrogen-bond donors (Lipinski definition) is 0. The van der Waals surface area contributed by atoms with Crippen LogP contribution < -0.4 is 4.74 Å². The van der Waals surface area contributed by atoms with Crippen LogP contribution in [0.3, 0.4) is 0 Å². The van der Waals surface area contributed by atoms with Gasteiger partial charge in [0.05, 0.1) is 5.69 Å². The molecule has 4 rings (SSSR count). The van der Waals surface area contributed by atoms with Crippen LogP contribution in [0.25, 0.3) is 16.9 Å². The van der Waals surface area contributed by atoms with E-state index >= 15 is 0 Å². The van der Waals surface area contributed by atoms with Gasteiger partial charge in [0.2, 0.25) is 0 Å². The molecule has 2 heterocycles. The smallest absolute Gasteiger partial charge is 0.373 e.